The molecular weight excluding hydrogens is 172 g/mol. The second kappa shape index (κ2) is 4.32. The van der Waals surface area contributed by atoms with Crippen LogP contribution in [0.5, 0.6) is 0 Å². The van der Waals surface area contributed by atoms with Crippen LogP contribution in [-0.4, -0.2) is 17.3 Å². The quantitative estimate of drug-likeness (QED) is 0.221. The molecule has 7 heteroatoms. The molecule has 0 saturated heterocycles. The normalized spacial score (nSPS) is 11.8. The summed E-state index contributed by atoms with van der Waals surface area (Å²) >= 11 is 0. The molecule has 0 aliphatic rings. The summed E-state index contributed by atoms with van der Waals surface area (Å²) in [5.41, 5.74) is 14.8. The van der Waals surface area contributed by atoms with Crippen LogP contribution >= 0.6 is 0 Å². The number of rotatable bonds is 3. The Morgan fingerprint density at radius 2 is 2.15 bits per heavy atom. The second-order valence-electron chi connectivity index (χ2n) is 2.92. The summed E-state index contributed by atoms with van der Waals surface area (Å²) in [5, 5.41) is 7.13. The number of azide groups is 1. The van der Waals surface area contributed by atoms with Crippen molar-refractivity contribution in [3.05, 3.63) is 10.4 Å². The van der Waals surface area contributed by atoms with Crippen molar-refractivity contribution in [1.29, 1.82) is 0 Å². The first kappa shape index (κ1) is 11.2. The average molecular weight is 184 g/mol. The molecule has 3 N–H and O–H groups in total. The van der Waals surface area contributed by atoms with Crippen LogP contribution in [0, 0.1) is 0 Å². The van der Waals surface area contributed by atoms with Crippen LogP contribution in [0.25, 0.3) is 10.4 Å². The topological polar surface area (TPSA) is 116 Å². The lowest BCUT2D eigenvalue weighted by atomic mass is 10.0. The minimum Gasteiger partial charge on any atom is -0.350 e. The molecule has 13 heavy (non-hydrogen) atoms. The van der Waals surface area contributed by atoms with Gasteiger partial charge in [0.15, 0.2) is 0 Å². The Labute approximate surface area is 75.6 Å². The van der Waals surface area contributed by atoms with E-state index in [-0.39, 0.29) is 0 Å². The molecule has 7 nitrogen and oxygen atoms in total. The van der Waals surface area contributed by atoms with Crippen LogP contribution in [0.3, 0.4) is 0 Å². The Morgan fingerprint density at radius 3 is 2.54 bits per heavy atom. The number of nitrogens with two attached hydrogens (primary N) is 1. The van der Waals surface area contributed by atoms with Crippen molar-refractivity contribution in [3.8, 4) is 0 Å². The number of hydrogen-bond acceptors (Lipinski definition) is 3. The van der Waals surface area contributed by atoms with Crippen LogP contribution in [0.4, 0.5) is 4.79 Å². The van der Waals surface area contributed by atoms with Gasteiger partial charge in [0.25, 0.3) is 0 Å². The molecule has 0 atom stereocenters. The fraction of sp³-hybridized carbons (Fsp3) is 0.667. The van der Waals surface area contributed by atoms with Crippen molar-refractivity contribution in [2.24, 2.45) is 15.9 Å². The third-order valence-electron chi connectivity index (χ3n) is 1.51. The number of nitrogens with zero attached hydrogens (tertiary/aromatic N) is 4. The highest BCUT2D eigenvalue weighted by Gasteiger charge is 2.19. The number of amides is 2. The molecule has 0 aliphatic heterocycles. The minimum absolute atomic E-state index is 0.476. The van der Waals surface area contributed by atoms with Gasteiger partial charge in [-0.1, -0.05) is 5.11 Å². The molecule has 0 fully saturated rings. The monoisotopic (exact) mass is 184 g/mol. The number of carbonyl (C=O) groups is 1. The summed E-state index contributed by atoms with van der Waals surface area (Å²) in [7, 11) is 0. The van der Waals surface area contributed by atoms with Crippen LogP contribution in [0.2, 0.25) is 0 Å². The van der Waals surface area contributed by atoms with E-state index in [1.165, 1.54) is 0 Å². The highest BCUT2D eigenvalue weighted by Crippen LogP contribution is 2.11. The van der Waals surface area contributed by atoms with Gasteiger partial charge in [-0.25, -0.2) is 10.2 Å². The van der Waals surface area contributed by atoms with Gasteiger partial charge in [-0.05, 0) is 26.3 Å². The van der Waals surface area contributed by atoms with Crippen molar-refractivity contribution >= 4 is 11.7 Å². The highest BCUT2D eigenvalue weighted by molar-refractivity contribution is 5.91. The SMILES string of the molecule is C/C(=N\NC(N)=O)C(C)(C)N=[N+]=[N-]. The zero-order chi connectivity index (χ0) is 10.5. The van der Waals surface area contributed by atoms with Crippen molar-refractivity contribution in [2.45, 2.75) is 26.3 Å². The van der Waals surface area contributed by atoms with E-state index in [1.807, 2.05) is 0 Å². The average Bonchev–Trinajstić information content (AvgIpc) is 1.99. The third-order valence-corrected chi connectivity index (χ3v) is 1.51. The molecule has 0 rings (SSSR count). The summed E-state index contributed by atoms with van der Waals surface area (Å²) in [6, 6.07) is -0.754. The molecule has 0 aromatic rings. The number of carbonyl (C=O) groups excluding carboxylic acids is 1. The number of urea groups is 1. The van der Waals surface area contributed by atoms with Crippen molar-refractivity contribution in [3.63, 3.8) is 0 Å². The Kier molecular flexibility index (Phi) is 3.74. The van der Waals surface area contributed by atoms with Crippen molar-refractivity contribution in [2.75, 3.05) is 0 Å². The number of hydrogen-bond donors (Lipinski definition) is 2. The molecule has 0 aliphatic carbocycles. The lowest BCUT2D eigenvalue weighted by Gasteiger charge is -2.16. The summed E-state index contributed by atoms with van der Waals surface area (Å²) < 4.78 is 0. The fourth-order valence-electron chi connectivity index (χ4n) is 0.460. The minimum atomic E-state index is -0.767. The Morgan fingerprint density at radius 1 is 1.62 bits per heavy atom. The number of hydrazone groups is 1. The van der Waals surface area contributed by atoms with Crippen LogP contribution in [-0.2, 0) is 0 Å². The maximum Gasteiger partial charge on any atom is 0.332 e. The van der Waals surface area contributed by atoms with Gasteiger partial charge in [0.2, 0.25) is 0 Å². The first-order valence-electron chi connectivity index (χ1n) is 3.56. The predicted octanol–water partition coefficient (Wildman–Crippen LogP) is 1.12. The second-order valence-corrected chi connectivity index (χ2v) is 2.92. The summed E-state index contributed by atoms with van der Waals surface area (Å²) in [6.45, 7) is 4.98. The zero-order valence-corrected chi connectivity index (χ0v) is 7.77. The van der Waals surface area contributed by atoms with E-state index in [4.69, 9.17) is 11.3 Å². The van der Waals surface area contributed by atoms with Crippen molar-refractivity contribution < 1.29 is 4.79 Å². The van der Waals surface area contributed by atoms with Crippen LogP contribution < -0.4 is 11.2 Å². The molecule has 0 aromatic heterocycles. The Bertz CT molecular complexity index is 275. The van der Waals surface area contributed by atoms with Crippen LogP contribution in [0.15, 0.2) is 10.2 Å². The van der Waals surface area contributed by atoms with Gasteiger partial charge in [0.05, 0.1) is 5.54 Å². The summed E-state index contributed by atoms with van der Waals surface area (Å²) in [5.74, 6) is 0. The van der Waals surface area contributed by atoms with Crippen LogP contribution in [0.1, 0.15) is 20.8 Å². The Hall–Kier alpha value is -1.75. The molecule has 0 aromatic carbocycles. The van der Waals surface area contributed by atoms with E-state index >= 15 is 0 Å². The Balaban J connectivity index is 4.56. The molecule has 0 unspecified atom stereocenters. The fourth-order valence-corrected chi connectivity index (χ4v) is 0.460. The van der Waals surface area contributed by atoms with Gasteiger partial charge in [0, 0.05) is 10.6 Å². The molecule has 0 bridgehead atoms. The van der Waals surface area contributed by atoms with Gasteiger partial charge in [-0.2, -0.15) is 5.10 Å². The maximum absolute atomic E-state index is 10.3. The number of nitrogens with one attached hydrogen (secondary N) is 1. The molecule has 0 heterocycles. The predicted molar refractivity (Wildman–Crippen MR) is 49.1 cm³/mol. The zero-order valence-electron chi connectivity index (χ0n) is 7.77. The lowest BCUT2D eigenvalue weighted by Crippen LogP contribution is -2.32. The largest absolute Gasteiger partial charge is 0.350 e. The third kappa shape index (κ3) is 3.97. The van der Waals surface area contributed by atoms with E-state index in [9.17, 15) is 4.79 Å². The van der Waals surface area contributed by atoms with Gasteiger partial charge >= 0.3 is 6.03 Å². The highest BCUT2D eigenvalue weighted by atomic mass is 16.2. The molecule has 2 amide bonds. The van der Waals surface area contributed by atoms with Gasteiger partial charge in [-0.3, -0.25) is 0 Å². The summed E-state index contributed by atoms with van der Waals surface area (Å²) in [4.78, 5) is 12.9. The first-order chi connectivity index (χ1) is 5.90. The molecule has 72 valence electrons. The molecule has 0 saturated carbocycles. The van der Waals surface area contributed by atoms with E-state index in [2.05, 4.69) is 20.6 Å². The number of primary amides is 1. The van der Waals surface area contributed by atoms with E-state index in [0.29, 0.717) is 5.71 Å². The molecular formula is C6H12N6O. The molecule has 0 radical (unpaired) electrons. The standard InChI is InChI=1S/C6H12N6O/c1-4(9-10-5(7)13)6(2,3)11-12-8/h1-3H3,(H3,7,10,13)/b9-4+. The van der Waals surface area contributed by atoms with E-state index in [0.717, 1.165) is 0 Å². The van der Waals surface area contributed by atoms with E-state index < -0.39 is 11.6 Å². The van der Waals surface area contributed by atoms with E-state index in [1.54, 1.807) is 20.8 Å². The van der Waals surface area contributed by atoms with Gasteiger partial charge in [0.1, 0.15) is 0 Å². The summed E-state index contributed by atoms with van der Waals surface area (Å²) in [6.07, 6.45) is 0. The van der Waals surface area contributed by atoms with Crippen molar-refractivity contribution in [1.82, 2.24) is 5.43 Å². The van der Waals surface area contributed by atoms with Gasteiger partial charge < -0.3 is 5.73 Å². The molecule has 0 spiro atoms. The lowest BCUT2D eigenvalue weighted by molar-refractivity contribution is 0.249. The first-order valence-corrected chi connectivity index (χ1v) is 3.56. The smallest absolute Gasteiger partial charge is 0.332 e. The maximum atomic E-state index is 10.3. The van der Waals surface area contributed by atoms with Gasteiger partial charge in [-0.15, -0.1) is 0 Å².